The van der Waals surface area contributed by atoms with Crippen LogP contribution in [0.1, 0.15) is 53.9 Å². The highest BCUT2D eigenvalue weighted by molar-refractivity contribution is 5.90. The van der Waals surface area contributed by atoms with Crippen molar-refractivity contribution in [1.82, 2.24) is 5.32 Å². The van der Waals surface area contributed by atoms with Gasteiger partial charge >= 0.3 is 0 Å². The van der Waals surface area contributed by atoms with Gasteiger partial charge in [0.05, 0.1) is 6.61 Å². The zero-order valence-electron chi connectivity index (χ0n) is 20.3. The van der Waals surface area contributed by atoms with Crippen molar-refractivity contribution >= 4 is 12.2 Å². The maximum absolute atomic E-state index is 12.1. The number of nitrogens with one attached hydrogen (secondary N) is 1. The lowest BCUT2D eigenvalue weighted by Gasteiger charge is -2.32. The SMILES string of the molecule is CC(C=CC1=C(C)CCCC1(C)C)=CC=CC(C)=CC(=O)N[C@@H](C=O)[C@@H](O)[C@H](O)[C@H](O)CO. The van der Waals surface area contributed by atoms with Gasteiger partial charge in [-0.25, -0.2) is 0 Å². The fourth-order valence-corrected chi connectivity index (χ4v) is 3.84. The Bertz CT molecular complexity index is 834. The van der Waals surface area contributed by atoms with Crippen molar-refractivity contribution in [3.63, 3.8) is 0 Å². The predicted molar refractivity (Wildman–Crippen MR) is 129 cm³/mol. The van der Waals surface area contributed by atoms with Gasteiger partial charge in [-0.15, -0.1) is 0 Å². The van der Waals surface area contributed by atoms with Gasteiger partial charge in [0.25, 0.3) is 0 Å². The number of aliphatic hydroxyl groups excluding tert-OH is 4. The molecule has 184 valence electrons. The Morgan fingerprint density at radius 1 is 1.12 bits per heavy atom. The molecule has 1 amide bonds. The van der Waals surface area contributed by atoms with Crippen LogP contribution in [0.3, 0.4) is 0 Å². The van der Waals surface area contributed by atoms with Crippen LogP contribution >= 0.6 is 0 Å². The molecule has 0 aromatic rings. The smallest absolute Gasteiger partial charge is 0.244 e. The summed E-state index contributed by atoms with van der Waals surface area (Å²) in [6, 6.07) is -1.43. The fraction of sp³-hybridized carbons (Fsp3) is 0.538. The predicted octanol–water partition coefficient (Wildman–Crippen LogP) is 2.28. The minimum absolute atomic E-state index is 0.181. The summed E-state index contributed by atoms with van der Waals surface area (Å²) < 4.78 is 0. The van der Waals surface area contributed by atoms with E-state index in [1.807, 2.05) is 19.1 Å². The number of allylic oxidation sites excluding steroid dienone is 9. The Morgan fingerprint density at radius 3 is 2.36 bits per heavy atom. The molecule has 1 aliphatic rings. The van der Waals surface area contributed by atoms with Crippen LogP contribution in [0, 0.1) is 5.41 Å². The van der Waals surface area contributed by atoms with Crippen LogP contribution < -0.4 is 5.32 Å². The van der Waals surface area contributed by atoms with Crippen molar-refractivity contribution in [2.45, 2.75) is 78.2 Å². The molecule has 1 rings (SSSR count). The number of rotatable bonds is 11. The third-order valence-corrected chi connectivity index (χ3v) is 5.89. The van der Waals surface area contributed by atoms with Crippen molar-refractivity contribution in [2.75, 3.05) is 6.61 Å². The van der Waals surface area contributed by atoms with Crippen LogP contribution in [0.25, 0.3) is 0 Å². The molecular formula is C26H39NO6. The third-order valence-electron chi connectivity index (χ3n) is 5.89. The first-order chi connectivity index (χ1) is 15.4. The first-order valence-corrected chi connectivity index (χ1v) is 11.3. The van der Waals surface area contributed by atoms with Gasteiger partial charge in [0, 0.05) is 6.08 Å². The zero-order valence-corrected chi connectivity index (χ0v) is 20.3. The van der Waals surface area contributed by atoms with E-state index in [-0.39, 0.29) is 11.7 Å². The molecule has 7 heteroatoms. The van der Waals surface area contributed by atoms with Gasteiger partial charge in [0.15, 0.2) is 0 Å². The second-order valence-corrected chi connectivity index (χ2v) is 9.32. The molecule has 0 fully saturated rings. The van der Waals surface area contributed by atoms with E-state index < -0.39 is 36.9 Å². The molecule has 1 aliphatic carbocycles. The summed E-state index contributed by atoms with van der Waals surface area (Å²) in [7, 11) is 0. The van der Waals surface area contributed by atoms with Crippen LogP contribution in [0.5, 0.6) is 0 Å². The molecule has 0 saturated heterocycles. The van der Waals surface area contributed by atoms with E-state index in [0.717, 1.165) is 12.0 Å². The molecular weight excluding hydrogens is 422 g/mol. The number of carbonyl (C=O) groups excluding carboxylic acids is 2. The van der Waals surface area contributed by atoms with Crippen molar-refractivity contribution in [2.24, 2.45) is 5.41 Å². The standard InChI is InChI=1S/C26H39NO6/c1-17(11-12-20-19(3)10-7-13-26(20,4)5)8-6-9-18(2)14-23(31)27-21(15-28)24(32)25(33)22(30)16-29/h6,8-9,11-12,14-15,21-22,24-25,29-30,32-33H,7,10,13,16H2,1-5H3,(H,27,31)/t21-,22+,24+,25+/m0/s1. The van der Waals surface area contributed by atoms with Gasteiger partial charge in [-0.2, -0.15) is 0 Å². The molecule has 0 aliphatic heterocycles. The fourth-order valence-electron chi connectivity index (χ4n) is 3.84. The number of hydrogen-bond acceptors (Lipinski definition) is 6. The maximum atomic E-state index is 12.1. The van der Waals surface area contributed by atoms with E-state index in [9.17, 15) is 24.9 Å². The van der Waals surface area contributed by atoms with Gasteiger partial charge in [0.2, 0.25) is 5.91 Å². The summed E-state index contributed by atoms with van der Waals surface area (Å²) in [5.74, 6) is -0.637. The van der Waals surface area contributed by atoms with E-state index in [0.29, 0.717) is 5.57 Å². The molecule has 0 heterocycles. The molecule has 4 atom stereocenters. The van der Waals surface area contributed by atoms with Crippen LogP contribution in [0.15, 0.2) is 58.7 Å². The number of aldehydes is 1. The van der Waals surface area contributed by atoms with Gasteiger partial charge in [-0.1, -0.05) is 55.4 Å². The van der Waals surface area contributed by atoms with Crippen molar-refractivity contribution < 1.29 is 30.0 Å². The summed E-state index contributed by atoms with van der Waals surface area (Å²) in [5, 5.41) is 40.2. The largest absolute Gasteiger partial charge is 0.394 e. The number of aliphatic hydroxyl groups is 4. The second-order valence-electron chi connectivity index (χ2n) is 9.32. The quantitative estimate of drug-likeness (QED) is 0.183. The second kappa shape index (κ2) is 13.4. The highest BCUT2D eigenvalue weighted by atomic mass is 16.4. The van der Waals surface area contributed by atoms with Gasteiger partial charge < -0.3 is 30.5 Å². The van der Waals surface area contributed by atoms with Crippen LogP contribution in [-0.2, 0) is 9.59 Å². The number of carbonyl (C=O) groups is 2. The molecule has 7 nitrogen and oxygen atoms in total. The van der Waals surface area contributed by atoms with Crippen molar-refractivity contribution in [1.29, 1.82) is 0 Å². The van der Waals surface area contributed by atoms with Crippen molar-refractivity contribution in [3.8, 4) is 0 Å². The first kappa shape index (κ1) is 28.7. The Labute approximate surface area is 196 Å². The van der Waals surface area contributed by atoms with Crippen LogP contribution in [0.2, 0.25) is 0 Å². The van der Waals surface area contributed by atoms with E-state index in [1.54, 1.807) is 13.0 Å². The number of amides is 1. The Balaban J connectivity index is 2.75. The molecule has 0 unspecified atom stereocenters. The monoisotopic (exact) mass is 461 g/mol. The molecule has 0 saturated carbocycles. The average Bonchev–Trinajstić information content (AvgIpc) is 2.74. The third kappa shape index (κ3) is 9.21. The number of hydrogen-bond donors (Lipinski definition) is 5. The minimum Gasteiger partial charge on any atom is -0.394 e. The molecule has 0 spiro atoms. The average molecular weight is 462 g/mol. The van der Waals surface area contributed by atoms with Gasteiger partial charge in [-0.05, 0) is 56.6 Å². The highest BCUT2D eigenvalue weighted by Crippen LogP contribution is 2.40. The van der Waals surface area contributed by atoms with Gasteiger partial charge in [0.1, 0.15) is 30.6 Å². The Kier molecular flexibility index (Phi) is 11.7. The molecule has 0 aromatic heterocycles. The normalized spacial score (nSPS) is 21.2. The first-order valence-electron chi connectivity index (χ1n) is 11.3. The molecule has 0 bridgehead atoms. The summed E-state index contributed by atoms with van der Waals surface area (Å²) in [4.78, 5) is 23.3. The lowest BCUT2D eigenvalue weighted by molar-refractivity contribution is -0.128. The zero-order chi connectivity index (χ0) is 25.2. The maximum Gasteiger partial charge on any atom is 0.244 e. The topological polar surface area (TPSA) is 127 Å². The Morgan fingerprint density at radius 2 is 1.79 bits per heavy atom. The van der Waals surface area contributed by atoms with E-state index in [2.05, 4.69) is 38.2 Å². The lowest BCUT2D eigenvalue weighted by Crippen LogP contribution is -2.53. The molecule has 0 radical (unpaired) electrons. The molecule has 5 N–H and O–H groups in total. The summed E-state index contributed by atoms with van der Waals surface area (Å²) >= 11 is 0. The van der Waals surface area contributed by atoms with E-state index in [1.165, 1.54) is 30.1 Å². The summed E-state index contributed by atoms with van der Waals surface area (Å²) in [6.07, 6.45) is 9.66. The minimum atomic E-state index is -1.78. The van der Waals surface area contributed by atoms with Crippen molar-refractivity contribution in [3.05, 3.63) is 58.7 Å². The molecule has 0 aromatic carbocycles. The van der Waals surface area contributed by atoms with E-state index in [4.69, 9.17) is 5.11 Å². The lowest BCUT2D eigenvalue weighted by atomic mass is 9.72. The van der Waals surface area contributed by atoms with E-state index >= 15 is 0 Å². The summed E-state index contributed by atoms with van der Waals surface area (Å²) in [6.45, 7) is 9.67. The van der Waals surface area contributed by atoms with Crippen LogP contribution in [0.4, 0.5) is 0 Å². The highest BCUT2D eigenvalue weighted by Gasteiger charge is 2.31. The Hall–Kier alpha value is -2.32. The van der Waals surface area contributed by atoms with Gasteiger partial charge in [-0.3, -0.25) is 4.79 Å². The molecule has 33 heavy (non-hydrogen) atoms. The summed E-state index contributed by atoms with van der Waals surface area (Å²) in [5.41, 5.74) is 4.68. The van der Waals surface area contributed by atoms with Crippen LogP contribution in [-0.4, -0.2) is 63.6 Å².